The Bertz CT molecular complexity index is 511. The third-order valence-electron chi connectivity index (χ3n) is 4.21. The van der Waals surface area contributed by atoms with Crippen LogP contribution in [0.5, 0.6) is 5.75 Å². The zero-order chi connectivity index (χ0) is 17.0. The first kappa shape index (κ1) is 18.1. The van der Waals surface area contributed by atoms with E-state index in [0.29, 0.717) is 17.9 Å². The maximum Gasteiger partial charge on any atom is 0.416 e. The largest absolute Gasteiger partial charge is 0.497 e. The summed E-state index contributed by atoms with van der Waals surface area (Å²) in [5, 5.41) is 3.25. The normalized spacial score (nSPS) is 18.2. The SMILES string of the molecule is COc1ccc([C@H](CC(C)C)N2CCNCC2)c(C(F)(F)F)c1. The summed E-state index contributed by atoms with van der Waals surface area (Å²) in [5.41, 5.74) is -0.227. The molecule has 0 amide bonds. The molecule has 1 aliphatic heterocycles. The van der Waals surface area contributed by atoms with Crippen LogP contribution < -0.4 is 10.1 Å². The van der Waals surface area contributed by atoms with Gasteiger partial charge in [-0.2, -0.15) is 13.2 Å². The fourth-order valence-electron chi connectivity index (χ4n) is 3.11. The molecule has 1 N–H and O–H groups in total. The molecule has 130 valence electrons. The number of hydrogen-bond acceptors (Lipinski definition) is 3. The summed E-state index contributed by atoms with van der Waals surface area (Å²) in [7, 11) is 1.39. The van der Waals surface area contributed by atoms with Gasteiger partial charge in [0, 0.05) is 32.2 Å². The van der Waals surface area contributed by atoms with Gasteiger partial charge in [0.25, 0.3) is 0 Å². The van der Waals surface area contributed by atoms with E-state index >= 15 is 0 Å². The molecule has 1 aromatic carbocycles. The van der Waals surface area contributed by atoms with Crippen LogP contribution >= 0.6 is 0 Å². The second-order valence-corrected chi connectivity index (χ2v) is 6.38. The van der Waals surface area contributed by atoms with Gasteiger partial charge in [-0.3, -0.25) is 4.90 Å². The van der Waals surface area contributed by atoms with Crippen LogP contribution in [0.15, 0.2) is 18.2 Å². The Balaban J connectivity index is 2.44. The zero-order valence-corrected chi connectivity index (χ0v) is 13.9. The molecule has 1 fully saturated rings. The average molecular weight is 330 g/mol. The minimum atomic E-state index is -4.38. The number of alkyl halides is 3. The third kappa shape index (κ3) is 4.61. The van der Waals surface area contributed by atoms with Crippen molar-refractivity contribution in [3.63, 3.8) is 0 Å². The molecule has 23 heavy (non-hydrogen) atoms. The summed E-state index contributed by atoms with van der Waals surface area (Å²) in [6.45, 7) is 7.25. The molecule has 1 heterocycles. The van der Waals surface area contributed by atoms with Crippen molar-refractivity contribution in [3.8, 4) is 5.75 Å². The van der Waals surface area contributed by atoms with Crippen LogP contribution in [0.3, 0.4) is 0 Å². The molecule has 0 bridgehead atoms. The third-order valence-corrected chi connectivity index (χ3v) is 4.21. The van der Waals surface area contributed by atoms with Crippen molar-refractivity contribution in [2.24, 2.45) is 5.92 Å². The Morgan fingerprint density at radius 2 is 1.87 bits per heavy atom. The maximum atomic E-state index is 13.5. The molecule has 0 unspecified atom stereocenters. The van der Waals surface area contributed by atoms with Gasteiger partial charge in [-0.25, -0.2) is 0 Å². The van der Waals surface area contributed by atoms with Crippen molar-refractivity contribution in [1.82, 2.24) is 10.2 Å². The van der Waals surface area contributed by atoms with Crippen LogP contribution in [0, 0.1) is 5.92 Å². The molecule has 1 saturated heterocycles. The summed E-state index contributed by atoms with van der Waals surface area (Å²) in [4.78, 5) is 2.16. The van der Waals surface area contributed by atoms with Crippen molar-refractivity contribution >= 4 is 0 Å². The van der Waals surface area contributed by atoms with E-state index in [1.54, 1.807) is 12.1 Å². The van der Waals surface area contributed by atoms with Gasteiger partial charge in [0.1, 0.15) is 5.75 Å². The van der Waals surface area contributed by atoms with E-state index in [2.05, 4.69) is 10.2 Å². The van der Waals surface area contributed by atoms with E-state index in [1.165, 1.54) is 7.11 Å². The summed E-state index contributed by atoms with van der Waals surface area (Å²) in [5.74, 6) is 0.558. The smallest absolute Gasteiger partial charge is 0.416 e. The van der Waals surface area contributed by atoms with Gasteiger partial charge in [-0.1, -0.05) is 19.9 Å². The molecule has 1 aliphatic rings. The Morgan fingerprint density at radius 3 is 2.39 bits per heavy atom. The Hall–Kier alpha value is -1.27. The molecule has 0 radical (unpaired) electrons. The van der Waals surface area contributed by atoms with E-state index in [1.807, 2.05) is 13.8 Å². The molecule has 0 aromatic heterocycles. The van der Waals surface area contributed by atoms with Crippen LogP contribution in [0.1, 0.15) is 37.4 Å². The molecular weight excluding hydrogens is 305 g/mol. The monoisotopic (exact) mass is 330 g/mol. The fraction of sp³-hybridized carbons (Fsp3) is 0.647. The number of methoxy groups -OCH3 is 1. The highest BCUT2D eigenvalue weighted by Gasteiger charge is 2.37. The second kappa shape index (κ2) is 7.53. The lowest BCUT2D eigenvalue weighted by atomic mass is 9.91. The van der Waals surface area contributed by atoms with Gasteiger partial charge in [0.2, 0.25) is 0 Å². The van der Waals surface area contributed by atoms with E-state index in [9.17, 15) is 13.2 Å². The van der Waals surface area contributed by atoms with Gasteiger partial charge in [-0.15, -0.1) is 0 Å². The molecule has 1 atom stereocenters. The number of benzene rings is 1. The lowest BCUT2D eigenvalue weighted by molar-refractivity contribution is -0.139. The van der Waals surface area contributed by atoms with Gasteiger partial charge in [0.15, 0.2) is 0 Å². The number of nitrogens with zero attached hydrogens (tertiary/aromatic N) is 1. The predicted molar refractivity (Wildman–Crippen MR) is 84.6 cm³/mol. The number of piperazine rings is 1. The number of halogens is 3. The predicted octanol–water partition coefficient (Wildman–Crippen LogP) is 3.71. The Labute approximate surface area is 135 Å². The second-order valence-electron chi connectivity index (χ2n) is 6.38. The first-order valence-corrected chi connectivity index (χ1v) is 8.02. The van der Waals surface area contributed by atoms with Gasteiger partial charge in [0.05, 0.1) is 12.7 Å². The summed E-state index contributed by atoms with van der Waals surface area (Å²) < 4.78 is 45.6. The zero-order valence-electron chi connectivity index (χ0n) is 13.9. The van der Waals surface area contributed by atoms with E-state index in [-0.39, 0.29) is 11.8 Å². The summed E-state index contributed by atoms with van der Waals surface area (Å²) >= 11 is 0. The van der Waals surface area contributed by atoms with E-state index in [4.69, 9.17) is 4.74 Å². The molecule has 3 nitrogen and oxygen atoms in total. The standard InChI is InChI=1S/C17H25F3N2O/c1-12(2)10-16(22-8-6-21-7-9-22)14-5-4-13(23-3)11-15(14)17(18,19)20/h4-5,11-12,16,21H,6-10H2,1-3H3/t16-/m0/s1. The van der Waals surface area contributed by atoms with Crippen LogP contribution in [0.4, 0.5) is 13.2 Å². The minimum Gasteiger partial charge on any atom is -0.497 e. The highest BCUT2D eigenvalue weighted by Crippen LogP contribution is 2.40. The Morgan fingerprint density at radius 1 is 1.22 bits per heavy atom. The number of rotatable bonds is 5. The van der Waals surface area contributed by atoms with Gasteiger partial charge in [-0.05, 0) is 30.0 Å². The summed E-state index contributed by atoms with van der Waals surface area (Å²) in [6.07, 6.45) is -3.68. The number of nitrogens with one attached hydrogen (secondary N) is 1. The molecule has 0 saturated carbocycles. The first-order chi connectivity index (χ1) is 10.8. The van der Waals surface area contributed by atoms with Crippen LogP contribution in [0.25, 0.3) is 0 Å². The highest BCUT2D eigenvalue weighted by molar-refractivity contribution is 5.39. The summed E-state index contributed by atoms with van der Waals surface area (Å²) in [6, 6.07) is 4.10. The molecule has 1 aromatic rings. The van der Waals surface area contributed by atoms with Crippen molar-refractivity contribution < 1.29 is 17.9 Å². The van der Waals surface area contributed by atoms with Gasteiger partial charge < -0.3 is 10.1 Å². The molecule has 6 heteroatoms. The molecule has 2 rings (SSSR count). The average Bonchev–Trinajstić information content (AvgIpc) is 2.52. The van der Waals surface area contributed by atoms with Crippen molar-refractivity contribution in [2.75, 3.05) is 33.3 Å². The lowest BCUT2D eigenvalue weighted by Gasteiger charge is -2.37. The first-order valence-electron chi connectivity index (χ1n) is 8.02. The maximum absolute atomic E-state index is 13.5. The molecule has 0 aliphatic carbocycles. The Kier molecular flexibility index (Phi) is 5.92. The van der Waals surface area contributed by atoms with Crippen molar-refractivity contribution in [2.45, 2.75) is 32.5 Å². The van der Waals surface area contributed by atoms with Crippen LogP contribution in [-0.2, 0) is 6.18 Å². The van der Waals surface area contributed by atoms with Crippen LogP contribution in [0.2, 0.25) is 0 Å². The number of ether oxygens (including phenoxy) is 1. The van der Waals surface area contributed by atoms with E-state index < -0.39 is 11.7 Å². The molecule has 0 spiro atoms. The quantitative estimate of drug-likeness (QED) is 0.891. The highest BCUT2D eigenvalue weighted by atomic mass is 19.4. The van der Waals surface area contributed by atoms with Crippen molar-refractivity contribution in [3.05, 3.63) is 29.3 Å². The minimum absolute atomic E-state index is 0.223. The topological polar surface area (TPSA) is 24.5 Å². The van der Waals surface area contributed by atoms with E-state index in [0.717, 1.165) is 32.2 Å². The number of hydrogen-bond donors (Lipinski definition) is 1. The van der Waals surface area contributed by atoms with Crippen molar-refractivity contribution in [1.29, 1.82) is 0 Å². The van der Waals surface area contributed by atoms with Gasteiger partial charge >= 0.3 is 6.18 Å². The fourth-order valence-corrected chi connectivity index (χ4v) is 3.11. The molecular formula is C17H25F3N2O. The lowest BCUT2D eigenvalue weighted by Crippen LogP contribution is -2.45. The van der Waals surface area contributed by atoms with Crippen LogP contribution in [-0.4, -0.2) is 38.2 Å².